The number of sulfonamides is 1. The summed E-state index contributed by atoms with van der Waals surface area (Å²) in [5, 5.41) is 18.4. The van der Waals surface area contributed by atoms with E-state index >= 15 is 0 Å². The lowest BCUT2D eigenvalue weighted by Gasteiger charge is -2.18. The van der Waals surface area contributed by atoms with E-state index in [1.165, 1.54) is 23.1 Å². The number of hydrogen-bond donors (Lipinski definition) is 4. The molecule has 0 bridgehead atoms. The first-order valence-electron chi connectivity index (χ1n) is 10.5. The highest BCUT2D eigenvalue weighted by molar-refractivity contribution is 7.91. The number of carbonyl (C=O) groups excluding carboxylic acids is 2. The fraction of sp³-hybridized carbons (Fsp3) is 0.227. The Morgan fingerprint density at radius 1 is 1.18 bits per heavy atom. The number of halogens is 4. The highest BCUT2D eigenvalue weighted by atomic mass is 35.5. The van der Waals surface area contributed by atoms with Crippen molar-refractivity contribution in [1.82, 2.24) is 9.62 Å². The number of phenols is 1. The Morgan fingerprint density at radius 2 is 1.84 bits per heavy atom. The number of alkyl halides is 3. The predicted octanol–water partition coefficient (Wildman–Crippen LogP) is 3.07. The third kappa shape index (κ3) is 6.92. The van der Waals surface area contributed by atoms with Gasteiger partial charge in [0.2, 0.25) is 11.8 Å². The Labute approximate surface area is 222 Å². The van der Waals surface area contributed by atoms with Crippen LogP contribution in [0.4, 0.5) is 13.2 Å². The van der Waals surface area contributed by atoms with E-state index in [1.54, 1.807) is 24.3 Å². The van der Waals surface area contributed by atoms with Crippen LogP contribution < -0.4 is 10.5 Å². The van der Waals surface area contributed by atoms with Gasteiger partial charge in [0, 0.05) is 33.9 Å². The molecule has 3 aromatic rings. The van der Waals surface area contributed by atoms with E-state index < -0.39 is 40.0 Å². The fourth-order valence-corrected chi connectivity index (χ4v) is 6.35. The van der Waals surface area contributed by atoms with E-state index in [4.69, 9.17) is 27.2 Å². The van der Waals surface area contributed by atoms with Gasteiger partial charge in [-0.2, -0.15) is 17.9 Å². The molecule has 1 unspecified atom stereocenters. The van der Waals surface area contributed by atoms with Gasteiger partial charge in [0.15, 0.2) is 0 Å². The largest absolute Gasteiger partial charge is 0.508 e. The number of fused-ring (bicyclic) bond motifs is 1. The number of amides is 2. The maximum atomic E-state index is 12.8. The molecule has 0 spiro atoms. The summed E-state index contributed by atoms with van der Waals surface area (Å²) in [4.78, 5) is 34.5. The molecule has 1 aliphatic rings. The van der Waals surface area contributed by atoms with Crippen molar-refractivity contribution in [2.24, 2.45) is 5.73 Å². The maximum Gasteiger partial charge on any atom is 0.490 e. The summed E-state index contributed by atoms with van der Waals surface area (Å²) in [6.45, 7) is 0.333. The zero-order valence-corrected chi connectivity index (χ0v) is 21.4. The van der Waals surface area contributed by atoms with Gasteiger partial charge in [0.1, 0.15) is 16.0 Å². The third-order valence-electron chi connectivity index (χ3n) is 5.29. The standard InChI is InChI=1S/C20H18ClN3O5S2.C2HF3O2/c21-14-3-1-11-8-18(30-17(11)9-14)31(28,29)23-15-5-6-24(20(15)27)10-13-7-12(19(22)26)2-4-16(13)25;3-2(4,5)1(6)7/h1-4,7-9,15,23,25H,5-6,10H2,(H2,22,26);(H,6,7). The molecule has 16 heteroatoms. The van der Waals surface area contributed by atoms with E-state index in [0.717, 1.165) is 21.4 Å². The van der Waals surface area contributed by atoms with Crippen LogP contribution in [0, 0.1) is 0 Å². The van der Waals surface area contributed by atoms with Crippen LogP contribution in [-0.2, 0) is 26.2 Å². The Bertz CT molecular complexity index is 1510. The molecule has 2 heterocycles. The lowest BCUT2D eigenvalue weighted by Crippen LogP contribution is -2.41. The van der Waals surface area contributed by atoms with Crippen LogP contribution in [0.5, 0.6) is 5.75 Å². The van der Waals surface area contributed by atoms with Gasteiger partial charge in [-0.15, -0.1) is 11.3 Å². The van der Waals surface area contributed by atoms with Crippen LogP contribution >= 0.6 is 22.9 Å². The Balaban J connectivity index is 0.000000505. The van der Waals surface area contributed by atoms with Gasteiger partial charge in [-0.1, -0.05) is 17.7 Å². The van der Waals surface area contributed by atoms with Crippen LogP contribution in [0.15, 0.2) is 46.7 Å². The summed E-state index contributed by atoms with van der Waals surface area (Å²) in [5.41, 5.74) is 5.83. The number of aromatic hydroxyl groups is 1. The van der Waals surface area contributed by atoms with E-state index in [1.807, 2.05) is 0 Å². The molecule has 204 valence electrons. The number of carbonyl (C=O) groups is 3. The zero-order chi connectivity index (χ0) is 28.4. The first kappa shape index (κ1) is 29.2. The SMILES string of the molecule is NC(=O)c1ccc(O)c(CN2CCC(NS(=O)(=O)c3cc4ccc(Cl)cc4s3)C2=O)c1.O=C(O)C(F)(F)F. The number of carboxylic acids is 1. The average molecular weight is 594 g/mol. The van der Waals surface area contributed by atoms with Crippen molar-refractivity contribution < 1.29 is 46.2 Å². The molecule has 2 amide bonds. The molecule has 0 aliphatic carbocycles. The molecule has 38 heavy (non-hydrogen) atoms. The van der Waals surface area contributed by atoms with E-state index in [0.29, 0.717) is 17.1 Å². The first-order chi connectivity index (χ1) is 17.6. The number of benzene rings is 2. The number of nitrogens with one attached hydrogen (secondary N) is 1. The number of nitrogens with zero attached hydrogens (tertiary/aromatic N) is 1. The molecular weight excluding hydrogens is 575 g/mol. The molecule has 1 aliphatic heterocycles. The maximum absolute atomic E-state index is 12.8. The van der Waals surface area contributed by atoms with Crippen LogP contribution in [0.3, 0.4) is 0 Å². The second-order valence-electron chi connectivity index (χ2n) is 7.98. The minimum absolute atomic E-state index is 0.0331. The van der Waals surface area contributed by atoms with Gasteiger partial charge >= 0.3 is 12.1 Å². The smallest absolute Gasteiger partial charge is 0.490 e. The molecule has 1 fully saturated rings. The van der Waals surface area contributed by atoms with Crippen molar-refractivity contribution in [3.8, 4) is 5.75 Å². The molecule has 1 aromatic heterocycles. The summed E-state index contributed by atoms with van der Waals surface area (Å²) in [7, 11) is -3.91. The fourth-order valence-electron chi connectivity index (χ4n) is 3.43. The lowest BCUT2D eigenvalue weighted by molar-refractivity contribution is -0.192. The van der Waals surface area contributed by atoms with Gasteiger partial charge in [-0.25, -0.2) is 13.2 Å². The summed E-state index contributed by atoms with van der Waals surface area (Å²) in [6, 6.07) is 9.89. The number of nitrogens with two attached hydrogens (primary N) is 1. The number of likely N-dealkylation sites (tertiary alicyclic amines) is 1. The number of phenolic OH excluding ortho intramolecular Hbond substituents is 1. The van der Waals surface area contributed by atoms with Crippen molar-refractivity contribution >= 4 is 60.8 Å². The molecule has 4 rings (SSSR count). The van der Waals surface area contributed by atoms with Gasteiger partial charge in [0.25, 0.3) is 10.0 Å². The third-order valence-corrected chi connectivity index (χ3v) is 8.57. The van der Waals surface area contributed by atoms with Crippen LogP contribution in [0.1, 0.15) is 22.3 Å². The van der Waals surface area contributed by atoms with Crippen LogP contribution in [-0.4, -0.2) is 60.1 Å². The van der Waals surface area contributed by atoms with E-state index in [-0.39, 0.29) is 28.5 Å². The lowest BCUT2D eigenvalue weighted by atomic mass is 10.1. The van der Waals surface area contributed by atoms with Crippen LogP contribution in [0.2, 0.25) is 5.02 Å². The summed E-state index contributed by atoms with van der Waals surface area (Å²) in [6.07, 6.45) is -4.80. The van der Waals surface area contributed by atoms with Crippen molar-refractivity contribution in [3.05, 3.63) is 58.6 Å². The average Bonchev–Trinajstić information content (AvgIpc) is 3.39. The molecule has 10 nitrogen and oxygen atoms in total. The Hall–Kier alpha value is -3.40. The minimum Gasteiger partial charge on any atom is -0.508 e. The van der Waals surface area contributed by atoms with Crippen molar-refractivity contribution in [1.29, 1.82) is 0 Å². The van der Waals surface area contributed by atoms with Crippen molar-refractivity contribution in [3.63, 3.8) is 0 Å². The van der Waals surface area contributed by atoms with Crippen molar-refractivity contribution in [2.45, 2.75) is 29.4 Å². The summed E-state index contributed by atoms with van der Waals surface area (Å²) in [5.74, 6) is -3.89. The number of rotatable bonds is 6. The van der Waals surface area contributed by atoms with E-state index in [2.05, 4.69) is 4.72 Å². The second-order valence-corrected chi connectivity index (χ2v) is 11.4. The highest BCUT2D eigenvalue weighted by Gasteiger charge is 2.38. The zero-order valence-electron chi connectivity index (χ0n) is 19.0. The molecule has 1 saturated heterocycles. The van der Waals surface area contributed by atoms with Gasteiger partial charge < -0.3 is 20.8 Å². The van der Waals surface area contributed by atoms with Gasteiger partial charge in [-0.05, 0) is 48.2 Å². The normalized spacial score (nSPS) is 15.8. The van der Waals surface area contributed by atoms with Gasteiger partial charge in [-0.3, -0.25) is 9.59 Å². The molecule has 0 radical (unpaired) electrons. The number of carboxylic acid groups (broad SMARTS) is 1. The summed E-state index contributed by atoms with van der Waals surface area (Å²) < 4.78 is 60.7. The highest BCUT2D eigenvalue weighted by Crippen LogP contribution is 2.31. The Morgan fingerprint density at radius 3 is 2.45 bits per heavy atom. The topological polar surface area (TPSA) is 167 Å². The van der Waals surface area contributed by atoms with Gasteiger partial charge in [0.05, 0.1) is 0 Å². The molecule has 1 atom stereocenters. The molecule has 0 saturated carbocycles. The Kier molecular flexibility index (Phi) is 8.55. The predicted molar refractivity (Wildman–Crippen MR) is 131 cm³/mol. The molecule has 5 N–H and O–H groups in total. The van der Waals surface area contributed by atoms with Crippen LogP contribution in [0.25, 0.3) is 10.1 Å². The quantitative estimate of drug-likeness (QED) is 0.341. The molecular formula is C22H19ClF3N3O7S2. The van der Waals surface area contributed by atoms with E-state index in [9.17, 15) is 36.3 Å². The number of hydrogen-bond acceptors (Lipinski definition) is 7. The first-order valence-corrected chi connectivity index (χ1v) is 13.2. The number of primary amides is 1. The monoisotopic (exact) mass is 593 g/mol. The minimum atomic E-state index is -5.08. The second kappa shape index (κ2) is 11.1. The summed E-state index contributed by atoms with van der Waals surface area (Å²) >= 11 is 7.04. The molecule has 2 aromatic carbocycles. The van der Waals surface area contributed by atoms with Crippen molar-refractivity contribution in [2.75, 3.05) is 6.54 Å². The number of thiophene rings is 1. The number of aliphatic carboxylic acids is 1.